The van der Waals surface area contributed by atoms with Crippen LogP contribution in [0.2, 0.25) is 5.02 Å². The second-order valence-electron chi connectivity index (χ2n) is 6.82. The Bertz CT molecular complexity index is 675. The molecule has 0 bridgehead atoms. The lowest BCUT2D eigenvalue weighted by molar-refractivity contribution is -0.105. The third-order valence-corrected chi connectivity index (χ3v) is 4.74. The van der Waals surface area contributed by atoms with Crippen LogP contribution in [-0.2, 0) is 16.1 Å². The van der Waals surface area contributed by atoms with Crippen molar-refractivity contribution in [1.82, 2.24) is 9.80 Å². The van der Waals surface area contributed by atoms with Gasteiger partial charge in [0.25, 0.3) is 0 Å². The molecule has 1 saturated heterocycles. The molecule has 28 heavy (non-hydrogen) atoms. The smallest absolute Gasteiger partial charge is 0.211 e. The SMILES string of the molecule is CN1C=C(N)N=CC1.O=CNc1cc(Cl)ccc1COCCN1CCCCC1. The van der Waals surface area contributed by atoms with E-state index in [4.69, 9.17) is 22.1 Å². The van der Waals surface area contributed by atoms with Crippen molar-refractivity contribution < 1.29 is 9.53 Å². The van der Waals surface area contributed by atoms with Gasteiger partial charge in [-0.1, -0.05) is 24.1 Å². The molecule has 154 valence electrons. The molecule has 1 fully saturated rings. The Balaban J connectivity index is 0.000000292. The summed E-state index contributed by atoms with van der Waals surface area (Å²) < 4.78 is 5.71. The second-order valence-corrected chi connectivity index (χ2v) is 7.26. The quantitative estimate of drug-likeness (QED) is 0.536. The van der Waals surface area contributed by atoms with Gasteiger partial charge in [-0.3, -0.25) is 4.79 Å². The Morgan fingerprint density at radius 2 is 2.11 bits per heavy atom. The highest BCUT2D eigenvalue weighted by Gasteiger charge is 2.09. The minimum absolute atomic E-state index is 0.487. The first kappa shape index (κ1) is 22.2. The highest BCUT2D eigenvalue weighted by Crippen LogP contribution is 2.21. The summed E-state index contributed by atoms with van der Waals surface area (Å²) in [7, 11) is 1.96. The molecule has 2 heterocycles. The molecule has 0 radical (unpaired) electrons. The summed E-state index contributed by atoms with van der Waals surface area (Å²) in [4.78, 5) is 18.8. The lowest BCUT2D eigenvalue weighted by Crippen LogP contribution is -2.32. The van der Waals surface area contributed by atoms with Crippen LogP contribution in [-0.4, -0.2) is 62.3 Å². The number of likely N-dealkylation sites (tertiary alicyclic amines) is 1. The van der Waals surface area contributed by atoms with Crippen LogP contribution in [0.15, 0.2) is 35.2 Å². The summed E-state index contributed by atoms with van der Waals surface area (Å²) in [6.45, 7) is 5.40. The van der Waals surface area contributed by atoms with Crippen LogP contribution in [0.4, 0.5) is 5.69 Å². The molecular formula is C20H30ClN5O2. The van der Waals surface area contributed by atoms with Gasteiger partial charge in [-0.15, -0.1) is 0 Å². The zero-order valence-corrected chi connectivity index (χ0v) is 17.2. The molecule has 0 aliphatic carbocycles. The molecular weight excluding hydrogens is 378 g/mol. The number of aliphatic imine (C=N–C) groups is 1. The van der Waals surface area contributed by atoms with E-state index in [1.165, 1.54) is 32.4 Å². The number of hydrogen-bond acceptors (Lipinski definition) is 6. The summed E-state index contributed by atoms with van der Waals surface area (Å²) in [5.41, 5.74) is 7.00. The molecule has 2 aliphatic heterocycles. The number of nitrogens with two attached hydrogens (primary N) is 1. The van der Waals surface area contributed by atoms with Gasteiger partial charge in [0.05, 0.1) is 19.8 Å². The van der Waals surface area contributed by atoms with Gasteiger partial charge in [-0.2, -0.15) is 0 Å². The number of carbonyl (C=O) groups excluding carboxylic acids is 1. The van der Waals surface area contributed by atoms with Crippen molar-refractivity contribution in [2.45, 2.75) is 25.9 Å². The molecule has 2 aliphatic rings. The molecule has 0 atom stereocenters. The number of amides is 1. The highest BCUT2D eigenvalue weighted by molar-refractivity contribution is 6.30. The second kappa shape index (κ2) is 12.4. The number of halogens is 1. The van der Waals surface area contributed by atoms with Gasteiger partial charge in [0.15, 0.2) is 0 Å². The Hall–Kier alpha value is -2.09. The fourth-order valence-electron chi connectivity index (χ4n) is 3.02. The van der Waals surface area contributed by atoms with Crippen LogP contribution in [0, 0.1) is 0 Å². The molecule has 8 heteroatoms. The van der Waals surface area contributed by atoms with E-state index in [-0.39, 0.29) is 0 Å². The fraction of sp³-hybridized carbons (Fsp3) is 0.500. The fourth-order valence-corrected chi connectivity index (χ4v) is 3.19. The molecule has 3 rings (SSSR count). The Morgan fingerprint density at radius 3 is 2.75 bits per heavy atom. The third-order valence-electron chi connectivity index (χ3n) is 4.51. The summed E-state index contributed by atoms with van der Waals surface area (Å²) >= 11 is 5.91. The molecule has 1 amide bonds. The van der Waals surface area contributed by atoms with Gasteiger partial charge in [-0.25, -0.2) is 4.99 Å². The monoisotopic (exact) mass is 407 g/mol. The standard InChI is InChI=1S/C15H21ClN2O2.C5H9N3/c16-14-5-4-13(15(10-14)17-12-19)11-20-9-8-18-6-2-1-3-7-18;1-8-3-2-7-5(6)4-8/h4-5,10,12H,1-3,6-9,11H2,(H,17,19);2,4H,3,6H2,1H3. The average molecular weight is 408 g/mol. The van der Waals surface area contributed by atoms with E-state index in [1.54, 1.807) is 24.5 Å². The number of rotatable bonds is 7. The Morgan fingerprint density at radius 1 is 1.32 bits per heavy atom. The maximum absolute atomic E-state index is 10.6. The summed E-state index contributed by atoms with van der Waals surface area (Å²) in [6, 6.07) is 5.43. The maximum atomic E-state index is 10.6. The third kappa shape index (κ3) is 8.29. The van der Waals surface area contributed by atoms with Gasteiger partial charge >= 0.3 is 0 Å². The topological polar surface area (TPSA) is 83.2 Å². The maximum Gasteiger partial charge on any atom is 0.211 e. The highest BCUT2D eigenvalue weighted by atomic mass is 35.5. The van der Waals surface area contributed by atoms with Crippen LogP contribution in [0.3, 0.4) is 0 Å². The lowest BCUT2D eigenvalue weighted by Gasteiger charge is -2.26. The van der Waals surface area contributed by atoms with Gasteiger partial charge in [-0.05, 0) is 38.1 Å². The minimum Gasteiger partial charge on any atom is -0.383 e. The molecule has 3 N–H and O–H groups in total. The zero-order valence-electron chi connectivity index (χ0n) is 16.4. The van der Waals surface area contributed by atoms with Crippen LogP contribution in [0.25, 0.3) is 0 Å². The molecule has 0 unspecified atom stereocenters. The van der Waals surface area contributed by atoms with Gasteiger partial charge in [0.2, 0.25) is 6.41 Å². The van der Waals surface area contributed by atoms with Crippen molar-refractivity contribution in [3.63, 3.8) is 0 Å². The minimum atomic E-state index is 0.487. The normalized spacial score (nSPS) is 16.8. The number of ether oxygens (including phenoxy) is 1. The van der Waals surface area contributed by atoms with E-state index in [9.17, 15) is 4.79 Å². The van der Waals surface area contributed by atoms with E-state index in [0.29, 0.717) is 36.2 Å². The van der Waals surface area contributed by atoms with Crippen LogP contribution >= 0.6 is 11.6 Å². The molecule has 1 aromatic rings. The van der Waals surface area contributed by atoms with Gasteiger partial charge in [0, 0.05) is 42.3 Å². The molecule has 0 spiro atoms. The van der Waals surface area contributed by atoms with Crippen LogP contribution in [0.1, 0.15) is 24.8 Å². The van der Waals surface area contributed by atoms with E-state index in [1.807, 2.05) is 18.0 Å². The number of anilines is 1. The largest absolute Gasteiger partial charge is 0.383 e. The average Bonchev–Trinajstić information content (AvgIpc) is 2.68. The van der Waals surface area contributed by atoms with Gasteiger partial charge in [0.1, 0.15) is 5.82 Å². The van der Waals surface area contributed by atoms with Gasteiger partial charge < -0.3 is 25.6 Å². The van der Waals surface area contributed by atoms with Crippen LogP contribution < -0.4 is 11.1 Å². The van der Waals surface area contributed by atoms with Crippen molar-refractivity contribution in [3.05, 3.63) is 40.8 Å². The van der Waals surface area contributed by atoms with Crippen molar-refractivity contribution in [2.24, 2.45) is 10.7 Å². The van der Waals surface area contributed by atoms with Crippen molar-refractivity contribution >= 4 is 29.9 Å². The number of nitrogens with zero attached hydrogens (tertiary/aromatic N) is 3. The summed E-state index contributed by atoms with van der Waals surface area (Å²) in [5.74, 6) is 0.582. The van der Waals surface area contributed by atoms with E-state index in [2.05, 4.69) is 15.2 Å². The van der Waals surface area contributed by atoms with Crippen molar-refractivity contribution in [2.75, 3.05) is 45.2 Å². The predicted molar refractivity (Wildman–Crippen MR) is 114 cm³/mol. The number of benzene rings is 1. The first-order chi connectivity index (χ1) is 13.6. The van der Waals surface area contributed by atoms with E-state index < -0.39 is 0 Å². The molecule has 0 aromatic heterocycles. The zero-order chi connectivity index (χ0) is 20.2. The van der Waals surface area contributed by atoms with Crippen molar-refractivity contribution in [3.8, 4) is 0 Å². The van der Waals surface area contributed by atoms with E-state index in [0.717, 1.165) is 18.7 Å². The lowest BCUT2D eigenvalue weighted by atomic mass is 10.1. The summed E-state index contributed by atoms with van der Waals surface area (Å²) in [5, 5.41) is 3.25. The Kier molecular flexibility index (Phi) is 9.82. The predicted octanol–water partition coefficient (Wildman–Crippen LogP) is 2.67. The van der Waals surface area contributed by atoms with Crippen LogP contribution in [0.5, 0.6) is 0 Å². The molecule has 1 aromatic carbocycles. The van der Waals surface area contributed by atoms with Crippen molar-refractivity contribution in [1.29, 1.82) is 0 Å². The number of piperidine rings is 1. The number of carbonyl (C=O) groups is 1. The molecule has 0 saturated carbocycles. The number of nitrogens with one attached hydrogen (secondary N) is 1. The summed E-state index contributed by atoms with van der Waals surface area (Å²) in [6.07, 6.45) is 8.19. The first-order valence-corrected chi connectivity index (χ1v) is 9.95. The Labute approximate surface area is 172 Å². The first-order valence-electron chi connectivity index (χ1n) is 9.57. The van der Waals surface area contributed by atoms with E-state index >= 15 is 0 Å². The molecule has 7 nitrogen and oxygen atoms in total. The number of hydrogen-bond donors (Lipinski definition) is 2.